The van der Waals surface area contributed by atoms with Crippen molar-refractivity contribution in [3.63, 3.8) is 0 Å². The van der Waals surface area contributed by atoms with Gasteiger partial charge in [-0.15, -0.1) is 0 Å². The molecule has 0 aromatic heterocycles. The van der Waals surface area contributed by atoms with E-state index < -0.39 is 0 Å². The lowest BCUT2D eigenvalue weighted by molar-refractivity contribution is 0.200. The van der Waals surface area contributed by atoms with E-state index >= 15 is 0 Å². The maximum absolute atomic E-state index is 5.07. The largest absolute Gasteiger partial charge is 0.385 e. The molecule has 0 bridgehead atoms. The summed E-state index contributed by atoms with van der Waals surface area (Å²) < 4.78 is 5.07. The molecule has 0 saturated heterocycles. The molecule has 0 aliphatic carbocycles. The van der Waals surface area contributed by atoms with Gasteiger partial charge < -0.3 is 10.1 Å². The summed E-state index contributed by atoms with van der Waals surface area (Å²) in [5.74, 6) is 2.88. The van der Waals surface area contributed by atoms with E-state index in [2.05, 4.69) is 43.4 Å². The number of nitrogens with one attached hydrogen (secondary N) is 1. The third-order valence-corrected chi connectivity index (χ3v) is 4.42. The van der Waals surface area contributed by atoms with Crippen molar-refractivity contribution in [1.82, 2.24) is 5.32 Å². The molecule has 1 atom stereocenters. The lowest BCUT2D eigenvalue weighted by atomic mass is 10.00. The molecule has 108 valence electrons. The summed E-state index contributed by atoms with van der Waals surface area (Å²) in [7, 11) is 3.80. The summed E-state index contributed by atoms with van der Waals surface area (Å²) >= 11 is 1.99. The zero-order valence-electron chi connectivity index (χ0n) is 12.6. The standard InChI is InChI=1S/C16H27NOS/c1-13(2)14-6-8-15(9-7-14)16(17-3)12-19-11-5-10-18-4/h6-9,13,16-17H,5,10-12H2,1-4H3. The first kappa shape index (κ1) is 16.5. The molecule has 1 aromatic carbocycles. The molecule has 0 saturated carbocycles. The van der Waals surface area contributed by atoms with Gasteiger partial charge >= 0.3 is 0 Å². The average molecular weight is 281 g/mol. The summed E-state index contributed by atoms with van der Waals surface area (Å²) in [5, 5.41) is 3.41. The number of thioether (sulfide) groups is 1. The Kier molecular flexibility index (Phi) is 8.19. The molecule has 0 fully saturated rings. The van der Waals surface area contributed by atoms with E-state index in [0.717, 1.165) is 24.5 Å². The van der Waals surface area contributed by atoms with Crippen molar-refractivity contribution < 1.29 is 4.74 Å². The van der Waals surface area contributed by atoms with E-state index in [4.69, 9.17) is 4.74 Å². The van der Waals surface area contributed by atoms with Gasteiger partial charge in [-0.3, -0.25) is 0 Å². The Bertz CT molecular complexity index is 337. The van der Waals surface area contributed by atoms with Gasteiger partial charge in [0.05, 0.1) is 0 Å². The van der Waals surface area contributed by atoms with Gasteiger partial charge in [0, 0.05) is 25.5 Å². The predicted octanol–water partition coefficient (Wildman–Crippen LogP) is 3.84. The molecule has 1 N–H and O–H groups in total. The van der Waals surface area contributed by atoms with Crippen LogP contribution in [0, 0.1) is 0 Å². The fraction of sp³-hybridized carbons (Fsp3) is 0.625. The molecule has 2 nitrogen and oxygen atoms in total. The summed E-state index contributed by atoms with van der Waals surface area (Å²) in [5.41, 5.74) is 2.79. The lowest BCUT2D eigenvalue weighted by Crippen LogP contribution is -2.19. The summed E-state index contributed by atoms with van der Waals surface area (Å²) in [6.45, 7) is 5.33. The highest BCUT2D eigenvalue weighted by Crippen LogP contribution is 2.21. The fourth-order valence-corrected chi connectivity index (χ4v) is 3.05. The van der Waals surface area contributed by atoms with Crippen LogP contribution in [0.2, 0.25) is 0 Å². The topological polar surface area (TPSA) is 21.3 Å². The second-order valence-electron chi connectivity index (χ2n) is 5.08. The molecule has 0 heterocycles. The zero-order valence-corrected chi connectivity index (χ0v) is 13.4. The van der Waals surface area contributed by atoms with Crippen LogP contribution in [0.25, 0.3) is 0 Å². The van der Waals surface area contributed by atoms with Gasteiger partial charge in [-0.25, -0.2) is 0 Å². The number of hydrogen-bond acceptors (Lipinski definition) is 3. The molecule has 0 radical (unpaired) electrons. The number of benzene rings is 1. The minimum absolute atomic E-state index is 0.439. The molecule has 1 rings (SSSR count). The third-order valence-electron chi connectivity index (χ3n) is 3.28. The first-order chi connectivity index (χ1) is 9.19. The predicted molar refractivity (Wildman–Crippen MR) is 86.1 cm³/mol. The quantitative estimate of drug-likeness (QED) is 0.695. The van der Waals surface area contributed by atoms with Crippen molar-refractivity contribution in [3.8, 4) is 0 Å². The molecule has 19 heavy (non-hydrogen) atoms. The molecule has 3 heteroatoms. The van der Waals surface area contributed by atoms with E-state index in [1.807, 2.05) is 18.8 Å². The summed E-state index contributed by atoms with van der Waals surface area (Å²) in [6, 6.07) is 9.45. The van der Waals surface area contributed by atoms with Crippen LogP contribution in [0.4, 0.5) is 0 Å². The Morgan fingerprint density at radius 3 is 2.32 bits per heavy atom. The molecule has 0 aliphatic rings. The minimum atomic E-state index is 0.439. The normalized spacial score (nSPS) is 12.9. The fourth-order valence-electron chi connectivity index (χ4n) is 1.97. The van der Waals surface area contributed by atoms with Crippen LogP contribution in [-0.2, 0) is 4.74 Å². The van der Waals surface area contributed by atoms with Gasteiger partial charge in [-0.1, -0.05) is 38.1 Å². The molecule has 0 spiro atoms. The van der Waals surface area contributed by atoms with Crippen LogP contribution in [0.15, 0.2) is 24.3 Å². The van der Waals surface area contributed by atoms with E-state index in [0.29, 0.717) is 12.0 Å². The van der Waals surface area contributed by atoms with Crippen LogP contribution >= 0.6 is 11.8 Å². The molecule has 1 aromatic rings. The Labute approximate surface area is 122 Å². The highest BCUT2D eigenvalue weighted by Gasteiger charge is 2.09. The van der Waals surface area contributed by atoms with Gasteiger partial charge in [0.25, 0.3) is 0 Å². The van der Waals surface area contributed by atoms with Crippen molar-refractivity contribution in [2.75, 3.05) is 32.3 Å². The Balaban J connectivity index is 2.45. The maximum atomic E-state index is 5.07. The zero-order chi connectivity index (χ0) is 14.1. The Morgan fingerprint density at radius 2 is 1.79 bits per heavy atom. The summed E-state index contributed by atoms with van der Waals surface area (Å²) in [4.78, 5) is 0. The summed E-state index contributed by atoms with van der Waals surface area (Å²) in [6.07, 6.45) is 1.13. The van der Waals surface area contributed by atoms with Crippen LogP contribution in [-0.4, -0.2) is 32.3 Å². The van der Waals surface area contributed by atoms with Gasteiger partial charge in [0.15, 0.2) is 0 Å². The molecule has 0 aliphatic heterocycles. The molecule has 0 amide bonds. The second kappa shape index (κ2) is 9.40. The van der Waals surface area contributed by atoms with E-state index in [9.17, 15) is 0 Å². The number of rotatable bonds is 9. The van der Waals surface area contributed by atoms with Gasteiger partial charge in [-0.05, 0) is 36.3 Å². The van der Waals surface area contributed by atoms with Crippen molar-refractivity contribution in [3.05, 3.63) is 35.4 Å². The maximum Gasteiger partial charge on any atom is 0.0470 e. The van der Waals surface area contributed by atoms with Crippen molar-refractivity contribution in [2.24, 2.45) is 0 Å². The van der Waals surface area contributed by atoms with Crippen LogP contribution < -0.4 is 5.32 Å². The van der Waals surface area contributed by atoms with Crippen molar-refractivity contribution in [2.45, 2.75) is 32.2 Å². The van der Waals surface area contributed by atoms with Gasteiger partial charge in [-0.2, -0.15) is 11.8 Å². The van der Waals surface area contributed by atoms with Crippen LogP contribution in [0.3, 0.4) is 0 Å². The first-order valence-electron chi connectivity index (χ1n) is 7.02. The smallest absolute Gasteiger partial charge is 0.0470 e. The van der Waals surface area contributed by atoms with Crippen LogP contribution in [0.5, 0.6) is 0 Å². The first-order valence-corrected chi connectivity index (χ1v) is 8.18. The average Bonchev–Trinajstić information content (AvgIpc) is 2.43. The number of ether oxygens (including phenoxy) is 1. The SMILES string of the molecule is CNC(CSCCCOC)c1ccc(C(C)C)cc1. The third kappa shape index (κ3) is 5.98. The second-order valence-corrected chi connectivity index (χ2v) is 6.23. The Morgan fingerprint density at radius 1 is 1.16 bits per heavy atom. The molecule has 1 unspecified atom stereocenters. The van der Waals surface area contributed by atoms with Crippen LogP contribution in [0.1, 0.15) is 43.4 Å². The van der Waals surface area contributed by atoms with E-state index in [-0.39, 0.29) is 0 Å². The number of methoxy groups -OCH3 is 1. The molecular weight excluding hydrogens is 254 g/mol. The van der Waals surface area contributed by atoms with Gasteiger partial charge in [0.1, 0.15) is 0 Å². The monoisotopic (exact) mass is 281 g/mol. The van der Waals surface area contributed by atoms with E-state index in [1.54, 1.807) is 7.11 Å². The Hall–Kier alpha value is -0.510. The van der Waals surface area contributed by atoms with E-state index in [1.165, 1.54) is 11.1 Å². The van der Waals surface area contributed by atoms with Crippen molar-refractivity contribution >= 4 is 11.8 Å². The molecular formula is C16H27NOS. The number of hydrogen-bond donors (Lipinski definition) is 1. The van der Waals surface area contributed by atoms with Gasteiger partial charge in [0.2, 0.25) is 0 Å². The lowest BCUT2D eigenvalue weighted by Gasteiger charge is -2.17. The highest BCUT2D eigenvalue weighted by molar-refractivity contribution is 7.99. The highest BCUT2D eigenvalue weighted by atomic mass is 32.2. The minimum Gasteiger partial charge on any atom is -0.385 e. The van der Waals surface area contributed by atoms with Crippen molar-refractivity contribution in [1.29, 1.82) is 0 Å².